The number of aryl methyl sites for hydroxylation is 2. The Kier molecular flexibility index (Phi) is 3.34. The maximum atomic E-state index is 10.5. The summed E-state index contributed by atoms with van der Waals surface area (Å²) in [5, 5.41) is 10.5. The molecule has 1 aliphatic carbocycles. The standard InChI is InChI=1S/C15H22O/c1-12-6-7-13(2)14(10-12)11-15(16)8-4-3-5-9-15/h6-7,10,16H,3-5,8-9,11H2,1-2H3. The van der Waals surface area contributed by atoms with Crippen LogP contribution in [0.25, 0.3) is 0 Å². The van der Waals surface area contributed by atoms with Crippen molar-refractivity contribution in [1.29, 1.82) is 0 Å². The summed E-state index contributed by atoms with van der Waals surface area (Å²) in [6.45, 7) is 4.26. The fraction of sp³-hybridized carbons (Fsp3) is 0.600. The van der Waals surface area contributed by atoms with Crippen LogP contribution in [-0.2, 0) is 6.42 Å². The zero-order valence-electron chi connectivity index (χ0n) is 10.4. The van der Waals surface area contributed by atoms with E-state index in [4.69, 9.17) is 0 Å². The van der Waals surface area contributed by atoms with Gasteiger partial charge in [0.1, 0.15) is 0 Å². The molecule has 0 amide bonds. The Hall–Kier alpha value is -0.820. The topological polar surface area (TPSA) is 20.2 Å². The number of benzene rings is 1. The molecule has 0 bridgehead atoms. The molecule has 1 aliphatic rings. The molecule has 0 spiro atoms. The predicted molar refractivity (Wildman–Crippen MR) is 67.7 cm³/mol. The summed E-state index contributed by atoms with van der Waals surface area (Å²) in [5.41, 5.74) is 3.49. The molecule has 0 unspecified atom stereocenters. The summed E-state index contributed by atoms with van der Waals surface area (Å²) >= 11 is 0. The van der Waals surface area contributed by atoms with E-state index < -0.39 is 5.60 Å². The van der Waals surface area contributed by atoms with Gasteiger partial charge in [-0.1, -0.05) is 43.0 Å². The lowest BCUT2D eigenvalue weighted by molar-refractivity contribution is 0.00436. The molecule has 0 aliphatic heterocycles. The lowest BCUT2D eigenvalue weighted by Gasteiger charge is -2.32. The Morgan fingerprint density at radius 2 is 1.81 bits per heavy atom. The van der Waals surface area contributed by atoms with E-state index in [1.54, 1.807) is 0 Å². The van der Waals surface area contributed by atoms with E-state index in [1.165, 1.54) is 36.0 Å². The summed E-state index contributed by atoms with van der Waals surface area (Å²) in [5.74, 6) is 0. The van der Waals surface area contributed by atoms with E-state index in [1.807, 2.05) is 0 Å². The van der Waals surface area contributed by atoms with Crippen molar-refractivity contribution >= 4 is 0 Å². The second-order valence-corrected chi connectivity index (χ2v) is 5.39. The van der Waals surface area contributed by atoms with Gasteiger partial charge in [0.25, 0.3) is 0 Å². The lowest BCUT2D eigenvalue weighted by Crippen LogP contribution is -2.34. The van der Waals surface area contributed by atoms with Crippen LogP contribution in [0.4, 0.5) is 0 Å². The van der Waals surface area contributed by atoms with Gasteiger partial charge in [-0.05, 0) is 37.8 Å². The average molecular weight is 218 g/mol. The SMILES string of the molecule is Cc1ccc(C)c(CC2(O)CCCCC2)c1. The molecule has 0 saturated heterocycles. The van der Waals surface area contributed by atoms with Gasteiger partial charge in [0.15, 0.2) is 0 Å². The van der Waals surface area contributed by atoms with Gasteiger partial charge in [0.05, 0.1) is 5.60 Å². The van der Waals surface area contributed by atoms with Gasteiger partial charge in [-0.3, -0.25) is 0 Å². The predicted octanol–water partition coefficient (Wildman–Crippen LogP) is 3.54. The summed E-state index contributed by atoms with van der Waals surface area (Å²) in [7, 11) is 0. The molecule has 0 heterocycles. The molecule has 1 heteroatoms. The van der Waals surface area contributed by atoms with Crippen LogP contribution >= 0.6 is 0 Å². The minimum atomic E-state index is -0.434. The minimum absolute atomic E-state index is 0.434. The maximum Gasteiger partial charge on any atom is 0.0688 e. The Balaban J connectivity index is 2.15. The van der Waals surface area contributed by atoms with Crippen LogP contribution in [0.1, 0.15) is 48.8 Å². The molecule has 1 N–H and O–H groups in total. The van der Waals surface area contributed by atoms with E-state index in [9.17, 15) is 5.11 Å². The highest BCUT2D eigenvalue weighted by atomic mass is 16.3. The van der Waals surface area contributed by atoms with E-state index >= 15 is 0 Å². The Morgan fingerprint density at radius 1 is 1.12 bits per heavy atom. The van der Waals surface area contributed by atoms with Crippen molar-refractivity contribution < 1.29 is 5.11 Å². The summed E-state index contributed by atoms with van der Waals surface area (Å²) in [4.78, 5) is 0. The van der Waals surface area contributed by atoms with Crippen LogP contribution in [0.2, 0.25) is 0 Å². The molecule has 0 atom stereocenters. The normalized spacial score (nSPS) is 19.7. The molecule has 16 heavy (non-hydrogen) atoms. The van der Waals surface area contributed by atoms with E-state index in [-0.39, 0.29) is 0 Å². The van der Waals surface area contributed by atoms with Gasteiger partial charge in [-0.15, -0.1) is 0 Å². The highest BCUT2D eigenvalue weighted by molar-refractivity contribution is 5.31. The molecule has 2 rings (SSSR count). The van der Waals surface area contributed by atoms with Crippen molar-refractivity contribution in [1.82, 2.24) is 0 Å². The van der Waals surface area contributed by atoms with Gasteiger partial charge < -0.3 is 5.11 Å². The number of hydrogen-bond acceptors (Lipinski definition) is 1. The van der Waals surface area contributed by atoms with Crippen LogP contribution in [-0.4, -0.2) is 10.7 Å². The van der Waals surface area contributed by atoms with Gasteiger partial charge in [0.2, 0.25) is 0 Å². The van der Waals surface area contributed by atoms with Crippen LogP contribution in [0.5, 0.6) is 0 Å². The smallest absolute Gasteiger partial charge is 0.0688 e. The monoisotopic (exact) mass is 218 g/mol. The summed E-state index contributed by atoms with van der Waals surface area (Å²) in [6.07, 6.45) is 6.43. The van der Waals surface area contributed by atoms with E-state index in [0.717, 1.165) is 19.3 Å². The average Bonchev–Trinajstić information content (AvgIpc) is 2.24. The first-order valence-electron chi connectivity index (χ1n) is 6.38. The highest BCUT2D eigenvalue weighted by Gasteiger charge is 2.29. The first-order chi connectivity index (χ1) is 7.59. The van der Waals surface area contributed by atoms with Crippen molar-refractivity contribution in [2.45, 2.75) is 58.0 Å². The maximum absolute atomic E-state index is 10.5. The van der Waals surface area contributed by atoms with E-state index in [0.29, 0.717) is 0 Å². The van der Waals surface area contributed by atoms with Gasteiger partial charge in [-0.2, -0.15) is 0 Å². The lowest BCUT2D eigenvalue weighted by atomic mass is 9.79. The summed E-state index contributed by atoms with van der Waals surface area (Å²) in [6, 6.07) is 6.53. The first kappa shape index (κ1) is 11.7. The number of hydrogen-bond donors (Lipinski definition) is 1. The summed E-state index contributed by atoms with van der Waals surface area (Å²) < 4.78 is 0. The third-order valence-corrected chi connectivity index (χ3v) is 3.81. The zero-order valence-corrected chi connectivity index (χ0v) is 10.4. The van der Waals surface area contributed by atoms with Crippen LogP contribution < -0.4 is 0 Å². The van der Waals surface area contributed by atoms with E-state index in [2.05, 4.69) is 32.0 Å². The zero-order chi connectivity index (χ0) is 11.6. The van der Waals surface area contributed by atoms with Gasteiger partial charge in [0, 0.05) is 6.42 Å². The van der Waals surface area contributed by atoms with Crippen LogP contribution in [0.3, 0.4) is 0 Å². The molecule has 1 saturated carbocycles. The number of rotatable bonds is 2. The fourth-order valence-corrected chi connectivity index (χ4v) is 2.73. The Labute approximate surface area is 98.5 Å². The molecular formula is C15H22O. The molecule has 1 aromatic carbocycles. The van der Waals surface area contributed by atoms with Gasteiger partial charge >= 0.3 is 0 Å². The second kappa shape index (κ2) is 4.58. The fourth-order valence-electron chi connectivity index (χ4n) is 2.73. The number of aliphatic hydroxyl groups is 1. The minimum Gasteiger partial charge on any atom is -0.390 e. The second-order valence-electron chi connectivity index (χ2n) is 5.39. The quantitative estimate of drug-likeness (QED) is 0.805. The molecular weight excluding hydrogens is 196 g/mol. The molecule has 1 aromatic rings. The largest absolute Gasteiger partial charge is 0.390 e. The van der Waals surface area contributed by atoms with Crippen LogP contribution in [0.15, 0.2) is 18.2 Å². The van der Waals surface area contributed by atoms with Crippen molar-refractivity contribution in [3.63, 3.8) is 0 Å². The van der Waals surface area contributed by atoms with Crippen molar-refractivity contribution in [2.75, 3.05) is 0 Å². The van der Waals surface area contributed by atoms with Crippen molar-refractivity contribution in [2.24, 2.45) is 0 Å². The molecule has 88 valence electrons. The highest BCUT2D eigenvalue weighted by Crippen LogP contribution is 2.32. The molecule has 0 aromatic heterocycles. The first-order valence-corrected chi connectivity index (χ1v) is 6.38. The Morgan fingerprint density at radius 3 is 2.50 bits per heavy atom. The molecule has 1 nitrogen and oxygen atoms in total. The van der Waals surface area contributed by atoms with Crippen molar-refractivity contribution in [3.8, 4) is 0 Å². The molecule has 1 fully saturated rings. The van der Waals surface area contributed by atoms with Crippen molar-refractivity contribution in [3.05, 3.63) is 34.9 Å². The van der Waals surface area contributed by atoms with Gasteiger partial charge in [-0.25, -0.2) is 0 Å². The molecule has 0 radical (unpaired) electrons. The van der Waals surface area contributed by atoms with Crippen LogP contribution in [0, 0.1) is 13.8 Å². The Bertz CT molecular complexity index is 362. The third kappa shape index (κ3) is 2.65. The third-order valence-electron chi connectivity index (χ3n) is 3.81.